The number of hydrogen-bond donors (Lipinski definition) is 2. The third-order valence-electron chi connectivity index (χ3n) is 4.66. The molecule has 2 N–H and O–H groups in total. The van der Waals surface area contributed by atoms with Crippen molar-refractivity contribution in [2.75, 3.05) is 26.2 Å². The van der Waals surface area contributed by atoms with Crippen molar-refractivity contribution in [2.45, 2.75) is 6.23 Å². The Kier molecular flexibility index (Phi) is 5.05. The number of rotatable bonds is 5. The van der Waals surface area contributed by atoms with Gasteiger partial charge in [-0.15, -0.1) is 5.10 Å². The molecule has 2 aromatic carbocycles. The highest BCUT2D eigenvalue weighted by atomic mass is 16.5. The fraction of sp³-hybridized carbons (Fsp3) is 0.250. The van der Waals surface area contributed by atoms with E-state index in [-0.39, 0.29) is 11.5 Å². The van der Waals surface area contributed by atoms with Gasteiger partial charge in [0.15, 0.2) is 17.9 Å². The van der Waals surface area contributed by atoms with Gasteiger partial charge in [-0.2, -0.15) is 0 Å². The third-order valence-corrected chi connectivity index (χ3v) is 4.66. The standard InChI is InChI=1S/C20H20N4O4/c25-11-9-23-10-12-28-18(13-23)24-20(15-6-2-4-8-17(15)27)21-19(22-24)14-5-1-3-7-16(14)26/h1-8,11,18,26-27H,9-10,12-13H2. The normalized spacial score (nSPS) is 17.5. The Morgan fingerprint density at radius 2 is 1.75 bits per heavy atom. The average Bonchev–Trinajstić information content (AvgIpc) is 3.14. The van der Waals surface area contributed by atoms with Crippen LogP contribution < -0.4 is 0 Å². The van der Waals surface area contributed by atoms with Crippen LogP contribution in [0.5, 0.6) is 11.5 Å². The molecule has 0 amide bonds. The zero-order valence-corrected chi connectivity index (χ0v) is 15.1. The van der Waals surface area contributed by atoms with Gasteiger partial charge in [0.1, 0.15) is 17.8 Å². The number of carbonyl (C=O) groups excluding carboxylic acids is 1. The number of phenols is 2. The summed E-state index contributed by atoms with van der Waals surface area (Å²) < 4.78 is 7.49. The van der Waals surface area contributed by atoms with Crippen LogP contribution in [0, 0.1) is 0 Å². The van der Waals surface area contributed by atoms with Gasteiger partial charge in [-0.05, 0) is 24.3 Å². The number of aromatic hydroxyl groups is 2. The molecule has 1 unspecified atom stereocenters. The molecule has 3 aromatic rings. The first kappa shape index (κ1) is 18.1. The minimum absolute atomic E-state index is 0.0654. The van der Waals surface area contributed by atoms with Gasteiger partial charge in [0.25, 0.3) is 0 Å². The van der Waals surface area contributed by atoms with E-state index in [9.17, 15) is 15.0 Å². The second kappa shape index (κ2) is 7.79. The molecule has 1 aliphatic rings. The SMILES string of the molecule is O=CCN1CCOC(n2nc(-c3ccccc3O)nc2-c2ccccc2O)C1. The number of para-hydroxylation sites is 2. The minimum atomic E-state index is -0.476. The summed E-state index contributed by atoms with van der Waals surface area (Å²) in [6.07, 6.45) is 0.386. The first-order chi connectivity index (χ1) is 13.7. The molecule has 0 aliphatic carbocycles. The van der Waals surface area contributed by atoms with E-state index >= 15 is 0 Å². The predicted molar refractivity (Wildman–Crippen MR) is 102 cm³/mol. The molecule has 1 aliphatic heterocycles. The Bertz CT molecular complexity index is 988. The Morgan fingerprint density at radius 1 is 1.07 bits per heavy atom. The van der Waals surface area contributed by atoms with E-state index in [1.807, 2.05) is 4.90 Å². The molecule has 0 saturated carbocycles. The van der Waals surface area contributed by atoms with Crippen molar-refractivity contribution < 1.29 is 19.7 Å². The lowest BCUT2D eigenvalue weighted by atomic mass is 10.1. The Hall–Kier alpha value is -3.23. The topological polar surface area (TPSA) is 101 Å². The summed E-state index contributed by atoms with van der Waals surface area (Å²) >= 11 is 0. The molecule has 1 atom stereocenters. The molecule has 8 heteroatoms. The third kappa shape index (κ3) is 3.47. The molecular formula is C20H20N4O4. The smallest absolute Gasteiger partial charge is 0.185 e. The van der Waals surface area contributed by atoms with Gasteiger partial charge in [-0.25, -0.2) is 9.67 Å². The quantitative estimate of drug-likeness (QED) is 0.653. The lowest BCUT2D eigenvalue weighted by molar-refractivity contribution is -0.113. The summed E-state index contributed by atoms with van der Waals surface area (Å²) in [5.74, 6) is 0.887. The molecule has 2 heterocycles. The fourth-order valence-corrected chi connectivity index (χ4v) is 3.25. The molecule has 0 spiro atoms. The number of nitrogens with zero attached hydrogens (tertiary/aromatic N) is 4. The molecule has 144 valence electrons. The van der Waals surface area contributed by atoms with E-state index in [4.69, 9.17) is 4.74 Å². The van der Waals surface area contributed by atoms with E-state index in [0.29, 0.717) is 49.0 Å². The maximum absolute atomic E-state index is 10.9. The summed E-state index contributed by atoms with van der Waals surface area (Å²) in [5.41, 5.74) is 0.992. The van der Waals surface area contributed by atoms with Crippen LogP contribution in [-0.2, 0) is 9.53 Å². The highest BCUT2D eigenvalue weighted by Gasteiger charge is 2.27. The van der Waals surface area contributed by atoms with Crippen molar-refractivity contribution in [3.05, 3.63) is 48.5 Å². The average molecular weight is 380 g/mol. The van der Waals surface area contributed by atoms with E-state index in [1.165, 1.54) is 0 Å². The Labute approximate surface area is 161 Å². The van der Waals surface area contributed by atoms with Crippen LogP contribution in [-0.4, -0.2) is 62.4 Å². The zero-order chi connectivity index (χ0) is 19.5. The molecule has 4 rings (SSSR count). The van der Waals surface area contributed by atoms with Crippen LogP contribution in [0.3, 0.4) is 0 Å². The number of morpholine rings is 1. The largest absolute Gasteiger partial charge is 0.507 e. The number of benzene rings is 2. The fourth-order valence-electron chi connectivity index (χ4n) is 3.25. The second-order valence-corrected chi connectivity index (χ2v) is 6.49. The molecule has 1 aromatic heterocycles. The van der Waals surface area contributed by atoms with Crippen LogP contribution >= 0.6 is 0 Å². The van der Waals surface area contributed by atoms with Crippen LogP contribution in [0.2, 0.25) is 0 Å². The van der Waals surface area contributed by atoms with Gasteiger partial charge in [0.05, 0.1) is 24.3 Å². The highest BCUT2D eigenvalue weighted by Crippen LogP contribution is 2.34. The summed E-state index contributed by atoms with van der Waals surface area (Å²) in [6, 6.07) is 13.7. The molecule has 0 bridgehead atoms. The van der Waals surface area contributed by atoms with Gasteiger partial charge in [-0.3, -0.25) is 4.90 Å². The number of ether oxygens (including phenoxy) is 1. The Morgan fingerprint density at radius 3 is 2.43 bits per heavy atom. The van der Waals surface area contributed by atoms with E-state index in [1.54, 1.807) is 53.2 Å². The van der Waals surface area contributed by atoms with Crippen LogP contribution in [0.1, 0.15) is 6.23 Å². The number of aldehydes is 1. The molecule has 0 radical (unpaired) electrons. The number of aromatic nitrogens is 3. The lowest BCUT2D eigenvalue weighted by Crippen LogP contribution is -2.41. The molecule has 1 fully saturated rings. The number of hydrogen-bond acceptors (Lipinski definition) is 7. The first-order valence-corrected chi connectivity index (χ1v) is 8.98. The van der Waals surface area contributed by atoms with Gasteiger partial charge in [-0.1, -0.05) is 24.3 Å². The summed E-state index contributed by atoms with van der Waals surface area (Å²) in [5, 5.41) is 25.1. The molecule has 8 nitrogen and oxygen atoms in total. The van der Waals surface area contributed by atoms with Gasteiger partial charge in [0.2, 0.25) is 0 Å². The van der Waals surface area contributed by atoms with Crippen LogP contribution in [0.4, 0.5) is 0 Å². The van der Waals surface area contributed by atoms with Crippen molar-refractivity contribution in [1.82, 2.24) is 19.7 Å². The maximum atomic E-state index is 10.9. The predicted octanol–water partition coefficient (Wildman–Crippen LogP) is 2.05. The van der Waals surface area contributed by atoms with E-state index < -0.39 is 6.23 Å². The molecule has 1 saturated heterocycles. The van der Waals surface area contributed by atoms with Crippen molar-refractivity contribution in [2.24, 2.45) is 0 Å². The summed E-state index contributed by atoms with van der Waals surface area (Å²) in [7, 11) is 0. The molecule has 28 heavy (non-hydrogen) atoms. The van der Waals surface area contributed by atoms with Gasteiger partial charge in [0, 0.05) is 13.1 Å². The minimum Gasteiger partial charge on any atom is -0.507 e. The second-order valence-electron chi connectivity index (χ2n) is 6.49. The Balaban J connectivity index is 1.81. The van der Waals surface area contributed by atoms with Gasteiger partial charge >= 0.3 is 0 Å². The molecular weight excluding hydrogens is 360 g/mol. The summed E-state index contributed by atoms with van der Waals surface area (Å²) in [4.78, 5) is 17.4. The first-order valence-electron chi connectivity index (χ1n) is 8.98. The number of phenolic OH excluding ortho intramolecular Hbond substituents is 2. The van der Waals surface area contributed by atoms with Crippen molar-refractivity contribution in [1.29, 1.82) is 0 Å². The zero-order valence-electron chi connectivity index (χ0n) is 15.1. The summed E-state index contributed by atoms with van der Waals surface area (Å²) in [6.45, 7) is 1.88. The maximum Gasteiger partial charge on any atom is 0.185 e. The van der Waals surface area contributed by atoms with E-state index in [2.05, 4.69) is 10.1 Å². The lowest BCUT2D eigenvalue weighted by Gasteiger charge is -2.32. The van der Waals surface area contributed by atoms with Crippen LogP contribution in [0.25, 0.3) is 22.8 Å². The van der Waals surface area contributed by atoms with Crippen LogP contribution in [0.15, 0.2) is 48.5 Å². The monoisotopic (exact) mass is 380 g/mol. The van der Waals surface area contributed by atoms with Crippen molar-refractivity contribution in [3.63, 3.8) is 0 Å². The number of carbonyl (C=O) groups is 1. The van der Waals surface area contributed by atoms with E-state index in [0.717, 1.165) is 6.29 Å². The van der Waals surface area contributed by atoms with Crippen molar-refractivity contribution in [3.8, 4) is 34.3 Å². The van der Waals surface area contributed by atoms with Gasteiger partial charge < -0.3 is 19.7 Å². The highest BCUT2D eigenvalue weighted by molar-refractivity contribution is 5.69. The van der Waals surface area contributed by atoms with Crippen molar-refractivity contribution >= 4 is 6.29 Å².